The van der Waals surface area contributed by atoms with Crippen molar-refractivity contribution < 1.29 is 23.8 Å². The fraction of sp³-hybridized carbons (Fsp3) is 0.267. The number of hydrogen-bond acceptors (Lipinski definition) is 7. The van der Waals surface area contributed by atoms with Gasteiger partial charge in [-0.2, -0.15) is 10.4 Å². The third kappa shape index (κ3) is 8.90. The van der Waals surface area contributed by atoms with Gasteiger partial charge in [0, 0.05) is 6.42 Å². The van der Waals surface area contributed by atoms with Gasteiger partial charge in [-0.05, 0) is 61.2 Å². The highest BCUT2D eigenvalue weighted by atomic mass is 16.5. The zero-order valence-corrected chi connectivity index (χ0v) is 22.3. The van der Waals surface area contributed by atoms with Crippen molar-refractivity contribution in [3.05, 3.63) is 89.0 Å². The van der Waals surface area contributed by atoms with Gasteiger partial charge < -0.3 is 19.5 Å². The van der Waals surface area contributed by atoms with E-state index in [0.29, 0.717) is 29.4 Å². The molecule has 3 aromatic carbocycles. The number of aryl methyl sites for hydroxylation is 2. The van der Waals surface area contributed by atoms with Crippen LogP contribution in [0.15, 0.2) is 71.8 Å². The van der Waals surface area contributed by atoms with E-state index in [-0.39, 0.29) is 19.6 Å². The van der Waals surface area contributed by atoms with Crippen LogP contribution in [0.3, 0.4) is 0 Å². The zero-order chi connectivity index (χ0) is 28.0. The second-order valence-corrected chi connectivity index (χ2v) is 8.64. The monoisotopic (exact) mass is 528 g/mol. The van der Waals surface area contributed by atoms with E-state index in [2.05, 4.69) is 15.8 Å². The van der Waals surface area contributed by atoms with E-state index in [9.17, 15) is 9.59 Å². The Morgan fingerprint density at radius 3 is 2.41 bits per heavy atom. The summed E-state index contributed by atoms with van der Waals surface area (Å²) in [6.07, 6.45) is 1.73. The van der Waals surface area contributed by atoms with Gasteiger partial charge in [0.25, 0.3) is 11.8 Å². The third-order valence-electron chi connectivity index (χ3n) is 5.64. The number of hydrazone groups is 1. The van der Waals surface area contributed by atoms with Gasteiger partial charge >= 0.3 is 0 Å². The number of carbonyl (C=O) groups excluding carboxylic acids is 2. The summed E-state index contributed by atoms with van der Waals surface area (Å²) >= 11 is 0. The van der Waals surface area contributed by atoms with E-state index in [4.69, 9.17) is 19.5 Å². The van der Waals surface area contributed by atoms with E-state index in [1.54, 1.807) is 18.2 Å². The van der Waals surface area contributed by atoms with Gasteiger partial charge in [-0.15, -0.1) is 0 Å². The van der Waals surface area contributed by atoms with Gasteiger partial charge in [-0.3, -0.25) is 9.59 Å². The molecule has 0 unspecified atom stereocenters. The van der Waals surface area contributed by atoms with Crippen molar-refractivity contribution in [3.63, 3.8) is 0 Å². The number of ether oxygens (including phenoxy) is 3. The van der Waals surface area contributed by atoms with E-state index < -0.39 is 17.9 Å². The lowest BCUT2D eigenvalue weighted by Crippen LogP contribution is -2.48. The van der Waals surface area contributed by atoms with Gasteiger partial charge in [0.05, 0.1) is 12.8 Å². The third-order valence-corrected chi connectivity index (χ3v) is 5.64. The van der Waals surface area contributed by atoms with Crippen molar-refractivity contribution in [2.45, 2.75) is 33.2 Å². The highest BCUT2D eigenvalue weighted by molar-refractivity contribution is 5.89. The lowest BCUT2D eigenvalue weighted by molar-refractivity contribution is -0.130. The quantitative estimate of drug-likeness (QED) is 0.257. The molecule has 0 bridgehead atoms. The molecule has 0 spiro atoms. The molecule has 0 radical (unpaired) electrons. The number of para-hydroxylation sites is 1. The standard InChI is InChI=1S/C30H32N4O5/c1-4-37-27-18-24(13-14-26(27)38-16-15-31)19-32-34-30(36)25(17-23-11-6-5-7-12-23)33-28(35)20-39-29-21(2)9-8-10-22(29)3/h5-14,18-19,25H,4,16-17,20H2,1-3H3,(H,33,35)(H,34,36)/b32-19-/t25-/m0/s1. The Labute approximate surface area is 228 Å². The van der Waals surface area contributed by atoms with Crippen LogP contribution in [0.1, 0.15) is 29.2 Å². The second-order valence-electron chi connectivity index (χ2n) is 8.64. The van der Waals surface area contributed by atoms with Crippen molar-refractivity contribution in [3.8, 4) is 23.3 Å². The minimum absolute atomic E-state index is 0.103. The Kier molecular flexibility index (Phi) is 10.9. The molecule has 0 aliphatic rings. The van der Waals surface area contributed by atoms with Crippen LogP contribution < -0.4 is 25.0 Å². The molecule has 0 aromatic heterocycles. The van der Waals surface area contributed by atoms with Gasteiger partial charge in [0.15, 0.2) is 24.7 Å². The number of benzene rings is 3. The Morgan fingerprint density at radius 2 is 1.72 bits per heavy atom. The number of rotatable bonds is 13. The summed E-state index contributed by atoms with van der Waals surface area (Å²) < 4.78 is 16.7. The molecule has 1 atom stereocenters. The van der Waals surface area contributed by atoms with E-state index in [1.807, 2.05) is 75.4 Å². The topological polar surface area (TPSA) is 122 Å². The van der Waals surface area contributed by atoms with Gasteiger partial charge in [-0.25, -0.2) is 5.43 Å². The van der Waals surface area contributed by atoms with Crippen LogP contribution >= 0.6 is 0 Å². The van der Waals surface area contributed by atoms with Crippen LogP contribution in [0.25, 0.3) is 0 Å². The molecule has 0 aliphatic heterocycles. The molecule has 0 aliphatic carbocycles. The average Bonchev–Trinajstić information content (AvgIpc) is 2.92. The first kappa shape index (κ1) is 28.7. The molecule has 3 aromatic rings. The summed E-state index contributed by atoms with van der Waals surface area (Å²) in [5, 5.41) is 15.6. The predicted molar refractivity (Wildman–Crippen MR) is 148 cm³/mol. The van der Waals surface area contributed by atoms with Gasteiger partial charge in [0.1, 0.15) is 17.9 Å². The van der Waals surface area contributed by atoms with Crippen LogP contribution in [-0.2, 0) is 16.0 Å². The molecular formula is C30H32N4O5. The van der Waals surface area contributed by atoms with Crippen LogP contribution in [0.2, 0.25) is 0 Å². The second kappa shape index (κ2) is 14.8. The van der Waals surface area contributed by atoms with E-state index in [1.165, 1.54) is 6.21 Å². The highest BCUT2D eigenvalue weighted by Crippen LogP contribution is 2.28. The number of nitrogens with one attached hydrogen (secondary N) is 2. The van der Waals surface area contributed by atoms with Crippen molar-refractivity contribution in [1.82, 2.24) is 10.7 Å². The first-order chi connectivity index (χ1) is 18.9. The van der Waals surface area contributed by atoms with Crippen molar-refractivity contribution in [1.29, 1.82) is 5.26 Å². The summed E-state index contributed by atoms with van der Waals surface area (Å²) in [5.41, 5.74) is 5.89. The van der Waals surface area contributed by atoms with E-state index in [0.717, 1.165) is 16.7 Å². The molecule has 0 fully saturated rings. The maximum atomic E-state index is 13.0. The molecule has 0 heterocycles. The minimum Gasteiger partial charge on any atom is -0.490 e. The zero-order valence-electron chi connectivity index (χ0n) is 22.3. The van der Waals surface area contributed by atoms with Crippen molar-refractivity contribution in [2.24, 2.45) is 5.10 Å². The molecule has 9 heteroatoms. The summed E-state index contributed by atoms with van der Waals surface area (Å²) in [5.74, 6) is 0.646. The number of carbonyl (C=O) groups is 2. The SMILES string of the molecule is CCOc1cc(/C=N\NC(=O)[C@H](Cc2ccccc2)NC(=O)COc2c(C)cccc2C)ccc1OCC#N. The van der Waals surface area contributed by atoms with E-state index >= 15 is 0 Å². The molecule has 9 nitrogen and oxygen atoms in total. The predicted octanol–water partition coefficient (Wildman–Crippen LogP) is 3.86. The maximum Gasteiger partial charge on any atom is 0.262 e. The lowest BCUT2D eigenvalue weighted by Gasteiger charge is -2.18. The fourth-order valence-corrected chi connectivity index (χ4v) is 3.81. The highest BCUT2D eigenvalue weighted by Gasteiger charge is 2.21. The number of nitrogens with zero attached hydrogens (tertiary/aromatic N) is 2. The smallest absolute Gasteiger partial charge is 0.262 e. The fourth-order valence-electron chi connectivity index (χ4n) is 3.81. The first-order valence-electron chi connectivity index (χ1n) is 12.5. The summed E-state index contributed by atoms with van der Waals surface area (Å²) in [6.45, 7) is 5.74. The number of nitriles is 1. The number of hydrogen-bond donors (Lipinski definition) is 2. The Balaban J connectivity index is 1.67. The average molecular weight is 529 g/mol. The maximum absolute atomic E-state index is 13.0. The summed E-state index contributed by atoms with van der Waals surface area (Å²) in [4.78, 5) is 25.8. The molecule has 202 valence electrons. The molecular weight excluding hydrogens is 496 g/mol. The molecule has 0 saturated heterocycles. The van der Waals surface area contributed by atoms with Crippen LogP contribution in [0, 0.1) is 25.2 Å². The molecule has 3 rings (SSSR count). The normalized spacial score (nSPS) is 11.3. The first-order valence-corrected chi connectivity index (χ1v) is 12.5. The molecule has 0 saturated carbocycles. The minimum atomic E-state index is -0.876. The molecule has 2 N–H and O–H groups in total. The Hall–Kier alpha value is -4.84. The summed E-state index contributed by atoms with van der Waals surface area (Å²) in [6, 6.07) is 21.3. The Morgan fingerprint density at radius 1 is 0.974 bits per heavy atom. The largest absolute Gasteiger partial charge is 0.490 e. The van der Waals surface area contributed by atoms with Gasteiger partial charge in [0.2, 0.25) is 0 Å². The van der Waals surface area contributed by atoms with Crippen molar-refractivity contribution >= 4 is 18.0 Å². The van der Waals surface area contributed by atoms with Crippen LogP contribution in [-0.4, -0.2) is 43.9 Å². The molecule has 2 amide bonds. The lowest BCUT2D eigenvalue weighted by atomic mass is 10.1. The van der Waals surface area contributed by atoms with Gasteiger partial charge in [-0.1, -0.05) is 48.5 Å². The molecule has 39 heavy (non-hydrogen) atoms. The van der Waals surface area contributed by atoms with Crippen molar-refractivity contribution in [2.75, 3.05) is 19.8 Å². The Bertz CT molecular complexity index is 1310. The number of amides is 2. The summed E-state index contributed by atoms with van der Waals surface area (Å²) in [7, 11) is 0. The van der Waals surface area contributed by atoms with Crippen LogP contribution in [0.5, 0.6) is 17.2 Å². The van der Waals surface area contributed by atoms with Crippen LogP contribution in [0.4, 0.5) is 0 Å².